The fraction of sp³-hybridized carbons (Fsp3) is 0.0476. The first-order valence-electron chi connectivity index (χ1n) is 15.0. The summed E-state index contributed by atoms with van der Waals surface area (Å²) in [6.07, 6.45) is 0. The molecule has 0 radical (unpaired) electrons. The topological polar surface area (TPSA) is 18.5 Å². The lowest BCUT2D eigenvalue weighted by Gasteiger charge is -2.21. The lowest BCUT2D eigenvalue weighted by atomic mass is 9.81. The van der Waals surface area contributed by atoms with Gasteiger partial charge in [-0.3, -0.25) is 0 Å². The van der Waals surface area contributed by atoms with Gasteiger partial charge in [0.25, 0.3) is 0 Å². The molecule has 2 nitrogen and oxygen atoms in total. The van der Waals surface area contributed by atoms with Crippen LogP contribution in [0.4, 0.5) is 0 Å². The summed E-state index contributed by atoms with van der Waals surface area (Å²) in [5, 5.41) is 10.1. The summed E-state index contributed by atoms with van der Waals surface area (Å²) in [7, 11) is 3.44. The molecule has 1 aliphatic rings. The molecule has 0 N–H and O–H groups in total. The Bertz CT molecular complexity index is 2430. The van der Waals surface area contributed by atoms with Crippen LogP contribution in [0, 0.1) is 0 Å². The zero-order chi connectivity index (χ0) is 29.4. The quantitative estimate of drug-likeness (QED) is 0.156. The van der Waals surface area contributed by atoms with Crippen LogP contribution in [0.5, 0.6) is 11.5 Å². The molecular weight excluding hydrogens is 536 g/mol. The zero-order valence-corrected chi connectivity index (χ0v) is 24.5. The predicted octanol–water partition coefficient (Wildman–Crippen LogP) is 11.3. The van der Waals surface area contributed by atoms with Crippen LogP contribution in [-0.4, -0.2) is 14.2 Å². The largest absolute Gasteiger partial charge is 0.497 e. The molecule has 8 aromatic rings. The highest BCUT2D eigenvalue weighted by atomic mass is 16.5. The number of fused-ring (bicyclic) bond motifs is 7. The van der Waals surface area contributed by atoms with Gasteiger partial charge in [-0.25, -0.2) is 0 Å². The van der Waals surface area contributed by atoms with Gasteiger partial charge in [0, 0.05) is 0 Å². The van der Waals surface area contributed by atoms with E-state index in [0.29, 0.717) is 0 Å². The number of hydrogen-bond acceptors (Lipinski definition) is 2. The summed E-state index contributed by atoms with van der Waals surface area (Å²) in [5.41, 5.74) is 10.0. The van der Waals surface area contributed by atoms with E-state index in [1.165, 1.54) is 87.6 Å². The molecule has 0 atom stereocenters. The summed E-state index contributed by atoms with van der Waals surface area (Å²) >= 11 is 0. The molecule has 1 aliphatic carbocycles. The third-order valence-corrected chi connectivity index (χ3v) is 9.36. The van der Waals surface area contributed by atoms with Crippen molar-refractivity contribution in [3.05, 3.63) is 133 Å². The molecular formula is C42H28O2. The van der Waals surface area contributed by atoms with E-state index >= 15 is 0 Å². The smallest absolute Gasteiger partial charge is 0.118 e. The first kappa shape index (κ1) is 24.9. The zero-order valence-electron chi connectivity index (χ0n) is 24.5. The maximum absolute atomic E-state index is 5.57. The van der Waals surface area contributed by atoms with Crippen molar-refractivity contribution >= 4 is 43.1 Å². The molecule has 0 saturated heterocycles. The maximum Gasteiger partial charge on any atom is 0.118 e. The Labute approximate surface area is 255 Å². The van der Waals surface area contributed by atoms with Gasteiger partial charge in [-0.1, -0.05) is 91.0 Å². The van der Waals surface area contributed by atoms with Crippen molar-refractivity contribution < 1.29 is 9.47 Å². The average molecular weight is 565 g/mol. The molecule has 0 bridgehead atoms. The summed E-state index contributed by atoms with van der Waals surface area (Å²) in [5.74, 6) is 1.71. The van der Waals surface area contributed by atoms with E-state index in [4.69, 9.17) is 9.47 Å². The number of benzene rings is 8. The van der Waals surface area contributed by atoms with Gasteiger partial charge in [0.05, 0.1) is 14.2 Å². The summed E-state index contributed by atoms with van der Waals surface area (Å²) < 4.78 is 11.1. The summed E-state index contributed by atoms with van der Waals surface area (Å²) in [6.45, 7) is 0. The van der Waals surface area contributed by atoms with E-state index in [1.54, 1.807) is 14.2 Å². The molecule has 0 amide bonds. The second-order valence-electron chi connectivity index (χ2n) is 11.6. The molecule has 0 aromatic heterocycles. The minimum absolute atomic E-state index is 0.853. The van der Waals surface area contributed by atoms with Crippen LogP contribution in [0.2, 0.25) is 0 Å². The molecule has 0 aliphatic heterocycles. The van der Waals surface area contributed by atoms with E-state index in [2.05, 4.69) is 133 Å². The van der Waals surface area contributed by atoms with Gasteiger partial charge in [0.15, 0.2) is 0 Å². The van der Waals surface area contributed by atoms with Crippen LogP contribution >= 0.6 is 0 Å². The predicted molar refractivity (Wildman–Crippen MR) is 185 cm³/mol. The van der Waals surface area contributed by atoms with Crippen molar-refractivity contribution in [2.24, 2.45) is 0 Å². The van der Waals surface area contributed by atoms with E-state index in [0.717, 1.165) is 11.5 Å². The third kappa shape index (κ3) is 3.49. The molecule has 0 heterocycles. The second-order valence-corrected chi connectivity index (χ2v) is 11.6. The lowest BCUT2D eigenvalue weighted by Crippen LogP contribution is -1.94. The number of methoxy groups -OCH3 is 2. The van der Waals surface area contributed by atoms with Gasteiger partial charge in [-0.05, 0) is 130 Å². The molecule has 0 spiro atoms. The van der Waals surface area contributed by atoms with Crippen LogP contribution in [0.1, 0.15) is 0 Å². The standard InChI is InChI=1S/C42H28O2/c1-43-30-18-14-25(15-19-30)38-35-22-27-8-3-4-9-28(27)23-36(35)39(26-16-20-31(44-2)21-17-26)42-37-24-29-10-5-6-11-32(29)33-12-7-13-34(40(33)37)41(38)42/h3-24H,1-2H3. The molecule has 8 aromatic carbocycles. The summed E-state index contributed by atoms with van der Waals surface area (Å²) in [6, 6.07) is 48.6. The Balaban J connectivity index is 1.54. The molecule has 208 valence electrons. The van der Waals surface area contributed by atoms with Crippen molar-refractivity contribution in [1.29, 1.82) is 0 Å². The Hall–Kier alpha value is -5.60. The van der Waals surface area contributed by atoms with Crippen LogP contribution in [0.15, 0.2) is 133 Å². The molecule has 9 rings (SSSR count). The van der Waals surface area contributed by atoms with Crippen LogP contribution < -0.4 is 9.47 Å². The van der Waals surface area contributed by atoms with E-state index < -0.39 is 0 Å². The lowest BCUT2D eigenvalue weighted by molar-refractivity contribution is 0.415. The van der Waals surface area contributed by atoms with Gasteiger partial charge in [-0.2, -0.15) is 0 Å². The van der Waals surface area contributed by atoms with Crippen molar-refractivity contribution in [1.82, 2.24) is 0 Å². The monoisotopic (exact) mass is 564 g/mol. The fourth-order valence-corrected chi connectivity index (χ4v) is 7.40. The second kappa shape index (κ2) is 9.45. The van der Waals surface area contributed by atoms with E-state index in [-0.39, 0.29) is 0 Å². The van der Waals surface area contributed by atoms with Gasteiger partial charge in [0.2, 0.25) is 0 Å². The molecule has 44 heavy (non-hydrogen) atoms. The third-order valence-electron chi connectivity index (χ3n) is 9.36. The molecule has 0 unspecified atom stereocenters. The minimum atomic E-state index is 0.853. The van der Waals surface area contributed by atoms with Gasteiger partial charge in [-0.15, -0.1) is 0 Å². The average Bonchev–Trinajstić information content (AvgIpc) is 3.41. The molecule has 2 heteroatoms. The number of hydrogen-bond donors (Lipinski definition) is 0. The Morgan fingerprint density at radius 2 is 0.864 bits per heavy atom. The molecule has 0 saturated carbocycles. The Morgan fingerprint density at radius 1 is 0.364 bits per heavy atom. The van der Waals surface area contributed by atoms with E-state index in [9.17, 15) is 0 Å². The van der Waals surface area contributed by atoms with Gasteiger partial charge >= 0.3 is 0 Å². The van der Waals surface area contributed by atoms with Crippen molar-refractivity contribution in [3.8, 4) is 56.0 Å². The maximum atomic E-state index is 5.57. The van der Waals surface area contributed by atoms with Crippen LogP contribution in [0.25, 0.3) is 87.6 Å². The van der Waals surface area contributed by atoms with Crippen molar-refractivity contribution in [3.63, 3.8) is 0 Å². The minimum Gasteiger partial charge on any atom is -0.497 e. The summed E-state index contributed by atoms with van der Waals surface area (Å²) in [4.78, 5) is 0. The SMILES string of the molecule is COc1ccc(-c2c3c(c(-c4ccc(OC)cc4)c4cc5ccccc5cc24)-c2cc4ccccc4c4cccc-3c24)cc1. The highest BCUT2D eigenvalue weighted by molar-refractivity contribution is 6.31. The normalized spacial score (nSPS) is 11.9. The molecule has 0 fully saturated rings. The fourth-order valence-electron chi connectivity index (χ4n) is 7.40. The van der Waals surface area contributed by atoms with Crippen molar-refractivity contribution in [2.45, 2.75) is 0 Å². The number of rotatable bonds is 4. The first-order valence-corrected chi connectivity index (χ1v) is 15.0. The van der Waals surface area contributed by atoms with Gasteiger partial charge < -0.3 is 9.47 Å². The van der Waals surface area contributed by atoms with Gasteiger partial charge in [0.1, 0.15) is 11.5 Å². The number of ether oxygens (including phenoxy) is 2. The van der Waals surface area contributed by atoms with Crippen LogP contribution in [-0.2, 0) is 0 Å². The Morgan fingerprint density at radius 3 is 1.43 bits per heavy atom. The highest BCUT2D eigenvalue weighted by Gasteiger charge is 2.31. The van der Waals surface area contributed by atoms with E-state index in [1.807, 2.05) is 0 Å². The van der Waals surface area contributed by atoms with Crippen molar-refractivity contribution in [2.75, 3.05) is 14.2 Å². The van der Waals surface area contributed by atoms with Crippen LogP contribution in [0.3, 0.4) is 0 Å². The first-order chi connectivity index (χ1) is 21.7. The Kier molecular flexibility index (Phi) is 5.36. The highest BCUT2D eigenvalue weighted by Crippen LogP contribution is 2.59.